The van der Waals surface area contributed by atoms with Crippen LogP contribution in [0.25, 0.3) is 0 Å². The fourth-order valence-electron chi connectivity index (χ4n) is 1.93. The molecule has 0 heterocycles. The van der Waals surface area contributed by atoms with E-state index in [9.17, 15) is 9.70 Å². The Kier molecular flexibility index (Phi) is 6.01. The molecule has 0 aromatic heterocycles. The molecule has 0 unspecified atom stereocenters. The van der Waals surface area contributed by atoms with Crippen LogP contribution in [0.3, 0.4) is 0 Å². The summed E-state index contributed by atoms with van der Waals surface area (Å²) < 4.78 is 10.1. The first kappa shape index (κ1) is 17.1. The topological polar surface area (TPSA) is 89.4 Å². The number of rotatable bonds is 8. The Bertz CT molecular complexity index is 725. The van der Waals surface area contributed by atoms with E-state index in [1.807, 2.05) is 0 Å². The van der Waals surface area contributed by atoms with E-state index in [-0.39, 0.29) is 18.0 Å². The molecule has 7 nitrogen and oxygen atoms in total. The number of hydrogen-bond donors (Lipinski definition) is 1. The summed E-state index contributed by atoms with van der Waals surface area (Å²) in [6, 6.07) is 13.5. The predicted molar refractivity (Wildman–Crippen MR) is 92.0 cm³/mol. The Morgan fingerprint density at radius 2 is 1.50 bits per heavy atom. The molecule has 0 atom stereocenters. The molecule has 0 saturated carbocycles. The molecule has 0 spiro atoms. The van der Waals surface area contributed by atoms with Crippen molar-refractivity contribution in [1.29, 1.82) is 0 Å². The molecule has 0 aliphatic carbocycles. The highest BCUT2D eigenvalue weighted by Gasteiger charge is 2.15. The lowest BCUT2D eigenvalue weighted by atomic mass is 10.1. The molecule has 0 aliphatic rings. The zero-order chi connectivity index (χ0) is 17.4. The van der Waals surface area contributed by atoms with Gasteiger partial charge in [0.05, 0.1) is 19.9 Å². The molecule has 2 aromatic rings. The third-order valence-corrected chi connectivity index (χ3v) is 3.24. The number of anilines is 1. The normalized spacial score (nSPS) is 10.8. The van der Waals surface area contributed by atoms with Crippen LogP contribution in [-0.4, -0.2) is 32.3 Å². The second kappa shape index (κ2) is 8.42. The molecule has 2 aromatic carbocycles. The number of nitroso groups, excluding NO2 is 1. The zero-order valence-corrected chi connectivity index (χ0v) is 13.4. The lowest BCUT2D eigenvalue weighted by molar-refractivity contribution is 0.106. The molecule has 0 amide bonds. The fourth-order valence-corrected chi connectivity index (χ4v) is 1.93. The smallest absolute Gasteiger partial charge is 0.211 e. The van der Waals surface area contributed by atoms with Gasteiger partial charge in [-0.25, -0.2) is 0 Å². The van der Waals surface area contributed by atoms with Gasteiger partial charge in [-0.3, -0.25) is 10.2 Å². The van der Waals surface area contributed by atoms with Crippen molar-refractivity contribution in [2.45, 2.75) is 0 Å². The standard InChI is InChI=1S/C17H17N3O4/c1-23-14-7-3-12(4-8-14)17(21)16(11-18-22)20-19-13-5-9-15(24-2)10-6-13/h3-10,19H,11H2,1-2H3/b20-16+. The van der Waals surface area contributed by atoms with Gasteiger partial charge in [-0.05, 0) is 48.5 Å². The first-order chi connectivity index (χ1) is 11.7. The summed E-state index contributed by atoms with van der Waals surface area (Å²) in [5.41, 5.74) is 3.81. The van der Waals surface area contributed by atoms with Crippen molar-refractivity contribution >= 4 is 17.2 Å². The molecule has 2 rings (SSSR count). The number of carbonyl (C=O) groups excluding carboxylic acids is 1. The molecule has 1 N–H and O–H groups in total. The Balaban J connectivity index is 2.16. The maximum absolute atomic E-state index is 12.4. The van der Waals surface area contributed by atoms with Crippen molar-refractivity contribution < 1.29 is 14.3 Å². The molecule has 7 heteroatoms. The van der Waals surface area contributed by atoms with E-state index < -0.39 is 0 Å². The van der Waals surface area contributed by atoms with Crippen LogP contribution in [0.15, 0.2) is 58.8 Å². The number of Topliss-reactive ketones (excluding diaryl/α,β-unsaturated/α-hetero) is 1. The number of carbonyl (C=O) groups is 1. The van der Waals surface area contributed by atoms with Crippen LogP contribution in [0, 0.1) is 4.91 Å². The summed E-state index contributed by atoms with van der Waals surface area (Å²) in [7, 11) is 3.11. The van der Waals surface area contributed by atoms with Crippen LogP contribution in [0.4, 0.5) is 5.69 Å². The van der Waals surface area contributed by atoms with Crippen LogP contribution in [0.2, 0.25) is 0 Å². The van der Waals surface area contributed by atoms with E-state index in [0.29, 0.717) is 22.7 Å². The van der Waals surface area contributed by atoms with Gasteiger partial charge in [-0.15, -0.1) is 0 Å². The summed E-state index contributed by atoms with van der Waals surface area (Å²) in [5.74, 6) is 0.960. The third kappa shape index (κ3) is 4.39. The summed E-state index contributed by atoms with van der Waals surface area (Å²) in [5, 5.41) is 6.78. The molecule has 24 heavy (non-hydrogen) atoms. The summed E-state index contributed by atoms with van der Waals surface area (Å²) in [6.07, 6.45) is 0. The van der Waals surface area contributed by atoms with Gasteiger partial charge in [-0.2, -0.15) is 10.0 Å². The highest BCUT2D eigenvalue weighted by molar-refractivity contribution is 6.46. The van der Waals surface area contributed by atoms with Crippen LogP contribution < -0.4 is 14.9 Å². The summed E-state index contributed by atoms with van der Waals surface area (Å²) in [6.45, 7) is -0.325. The molecule has 0 radical (unpaired) electrons. The van der Waals surface area contributed by atoms with Crippen molar-refractivity contribution in [3.63, 3.8) is 0 Å². The number of hydrazone groups is 1. The number of nitrogens with one attached hydrogen (secondary N) is 1. The van der Waals surface area contributed by atoms with Gasteiger partial charge >= 0.3 is 0 Å². The fraction of sp³-hybridized carbons (Fsp3) is 0.176. The van der Waals surface area contributed by atoms with Crippen LogP contribution in [-0.2, 0) is 0 Å². The molecule has 0 aliphatic heterocycles. The van der Waals surface area contributed by atoms with E-state index in [1.165, 1.54) is 0 Å². The number of benzene rings is 2. The summed E-state index contributed by atoms with van der Waals surface area (Å²) in [4.78, 5) is 23.0. The minimum Gasteiger partial charge on any atom is -0.497 e. The molecular formula is C17H17N3O4. The minimum absolute atomic E-state index is 0.0194. The lowest BCUT2D eigenvalue weighted by Gasteiger charge is -2.06. The van der Waals surface area contributed by atoms with E-state index in [4.69, 9.17) is 9.47 Å². The highest BCUT2D eigenvalue weighted by atomic mass is 16.5. The van der Waals surface area contributed by atoms with E-state index in [0.717, 1.165) is 0 Å². The average molecular weight is 327 g/mol. The summed E-state index contributed by atoms with van der Waals surface area (Å²) >= 11 is 0. The average Bonchev–Trinajstić information content (AvgIpc) is 2.65. The molecule has 0 fully saturated rings. The van der Waals surface area contributed by atoms with E-state index in [2.05, 4.69) is 15.7 Å². The number of hydrogen-bond acceptors (Lipinski definition) is 7. The minimum atomic E-state index is -0.377. The Morgan fingerprint density at radius 1 is 0.958 bits per heavy atom. The van der Waals surface area contributed by atoms with Crippen LogP contribution in [0.1, 0.15) is 10.4 Å². The molecule has 0 bridgehead atoms. The number of ketones is 1. The number of nitrogens with zero attached hydrogens (tertiary/aromatic N) is 2. The van der Waals surface area contributed by atoms with Crippen molar-refractivity contribution in [1.82, 2.24) is 0 Å². The van der Waals surface area contributed by atoms with Gasteiger partial charge in [-0.1, -0.05) is 5.18 Å². The van der Waals surface area contributed by atoms with Crippen molar-refractivity contribution in [2.75, 3.05) is 26.2 Å². The first-order valence-corrected chi connectivity index (χ1v) is 7.12. The molecule has 124 valence electrons. The maximum atomic E-state index is 12.4. The van der Waals surface area contributed by atoms with Crippen LogP contribution in [0.5, 0.6) is 11.5 Å². The van der Waals surface area contributed by atoms with Gasteiger partial charge in [0, 0.05) is 5.56 Å². The number of methoxy groups -OCH3 is 2. The van der Waals surface area contributed by atoms with Crippen LogP contribution >= 0.6 is 0 Å². The molecule has 0 saturated heterocycles. The maximum Gasteiger partial charge on any atom is 0.211 e. The van der Waals surface area contributed by atoms with Crippen molar-refractivity contribution in [3.05, 3.63) is 59.0 Å². The van der Waals surface area contributed by atoms with Gasteiger partial charge in [0.2, 0.25) is 5.78 Å². The third-order valence-electron chi connectivity index (χ3n) is 3.24. The van der Waals surface area contributed by atoms with Gasteiger partial charge < -0.3 is 9.47 Å². The van der Waals surface area contributed by atoms with Crippen molar-refractivity contribution in [3.8, 4) is 11.5 Å². The van der Waals surface area contributed by atoms with E-state index >= 15 is 0 Å². The Hall–Kier alpha value is -3.22. The Morgan fingerprint density at radius 3 is 2.00 bits per heavy atom. The second-order valence-electron chi connectivity index (χ2n) is 4.74. The monoisotopic (exact) mass is 327 g/mol. The Labute approximate surface area is 139 Å². The highest BCUT2D eigenvalue weighted by Crippen LogP contribution is 2.16. The predicted octanol–water partition coefficient (Wildman–Crippen LogP) is 3.12. The molecular weight excluding hydrogens is 310 g/mol. The van der Waals surface area contributed by atoms with Gasteiger partial charge in [0.15, 0.2) is 0 Å². The van der Waals surface area contributed by atoms with Gasteiger partial charge in [0.25, 0.3) is 0 Å². The lowest BCUT2D eigenvalue weighted by Crippen LogP contribution is -2.19. The SMILES string of the molecule is COc1ccc(N/N=C(\CN=O)C(=O)c2ccc(OC)cc2)cc1. The first-order valence-electron chi connectivity index (χ1n) is 7.12. The largest absolute Gasteiger partial charge is 0.497 e. The van der Waals surface area contributed by atoms with E-state index in [1.54, 1.807) is 62.8 Å². The van der Waals surface area contributed by atoms with Gasteiger partial charge in [0.1, 0.15) is 23.8 Å². The second-order valence-corrected chi connectivity index (χ2v) is 4.74. The van der Waals surface area contributed by atoms with Crippen molar-refractivity contribution in [2.24, 2.45) is 10.3 Å². The zero-order valence-electron chi connectivity index (χ0n) is 13.4. The quantitative estimate of drug-likeness (QED) is 0.348. The number of ether oxygens (including phenoxy) is 2.